The zero-order valence-electron chi connectivity index (χ0n) is 8.92. The van der Waals surface area contributed by atoms with Crippen molar-refractivity contribution in [2.24, 2.45) is 16.6 Å². The Bertz CT molecular complexity index is 175. The first-order valence-corrected chi connectivity index (χ1v) is 5.54. The molecule has 0 radical (unpaired) electrons. The first-order valence-electron chi connectivity index (χ1n) is 5.54. The van der Waals surface area contributed by atoms with Gasteiger partial charge in [0, 0.05) is 6.42 Å². The molecule has 2 N–H and O–H groups in total. The molecular weight excluding hydrogens is 160 g/mol. The Morgan fingerprint density at radius 2 is 2.23 bits per heavy atom. The zero-order valence-corrected chi connectivity index (χ0v) is 8.92. The van der Waals surface area contributed by atoms with Crippen molar-refractivity contribution in [2.45, 2.75) is 58.4 Å². The molecule has 0 heterocycles. The van der Waals surface area contributed by atoms with E-state index in [2.05, 4.69) is 18.8 Å². The molecule has 0 aliphatic heterocycles. The molecular formula is C11H22N2. The van der Waals surface area contributed by atoms with E-state index in [9.17, 15) is 0 Å². The van der Waals surface area contributed by atoms with E-state index in [0.29, 0.717) is 6.04 Å². The molecule has 0 spiro atoms. The van der Waals surface area contributed by atoms with Crippen LogP contribution >= 0.6 is 0 Å². The van der Waals surface area contributed by atoms with E-state index in [1.165, 1.54) is 25.7 Å². The number of hydrogen-bond acceptors (Lipinski definition) is 1. The van der Waals surface area contributed by atoms with Crippen LogP contribution in [0.1, 0.15) is 52.4 Å². The number of hydrogen-bond donors (Lipinski definition) is 1. The van der Waals surface area contributed by atoms with Gasteiger partial charge in [0.1, 0.15) is 0 Å². The number of nitrogens with two attached hydrogens (primary N) is 1. The van der Waals surface area contributed by atoms with Gasteiger partial charge in [-0.05, 0) is 25.2 Å². The highest BCUT2D eigenvalue weighted by molar-refractivity contribution is 5.80. The van der Waals surface area contributed by atoms with Crippen molar-refractivity contribution in [3.8, 4) is 0 Å². The van der Waals surface area contributed by atoms with E-state index in [0.717, 1.165) is 24.6 Å². The van der Waals surface area contributed by atoms with E-state index < -0.39 is 0 Å². The maximum absolute atomic E-state index is 5.81. The molecule has 1 rings (SSSR count). The van der Waals surface area contributed by atoms with Crippen molar-refractivity contribution < 1.29 is 0 Å². The highest BCUT2D eigenvalue weighted by Crippen LogP contribution is 2.25. The monoisotopic (exact) mass is 182 g/mol. The number of amidine groups is 1. The van der Waals surface area contributed by atoms with Crippen LogP contribution in [0.2, 0.25) is 0 Å². The largest absolute Gasteiger partial charge is 0.387 e. The standard InChI is InChI=1S/C11H22N2/c1-3-5-11(12)13-10-7-4-6-9(2)8-10/h9-10H,3-8H2,1-2H3,(H2,12,13)/t9?,10-/m0/s1. The fraction of sp³-hybridized carbons (Fsp3) is 0.909. The number of nitrogens with zero attached hydrogens (tertiary/aromatic N) is 1. The Hall–Kier alpha value is -0.530. The Morgan fingerprint density at radius 1 is 1.46 bits per heavy atom. The molecule has 0 bridgehead atoms. The molecule has 0 amide bonds. The summed E-state index contributed by atoms with van der Waals surface area (Å²) in [6.07, 6.45) is 7.26. The summed E-state index contributed by atoms with van der Waals surface area (Å²) in [7, 11) is 0. The number of aliphatic imine (C=N–C) groups is 1. The van der Waals surface area contributed by atoms with Gasteiger partial charge in [0.05, 0.1) is 11.9 Å². The molecule has 0 aromatic rings. The van der Waals surface area contributed by atoms with Gasteiger partial charge >= 0.3 is 0 Å². The van der Waals surface area contributed by atoms with E-state index in [1.807, 2.05) is 0 Å². The second-order valence-electron chi connectivity index (χ2n) is 4.30. The summed E-state index contributed by atoms with van der Waals surface area (Å²) in [6, 6.07) is 0.523. The quantitative estimate of drug-likeness (QED) is 0.529. The summed E-state index contributed by atoms with van der Waals surface area (Å²) in [5.41, 5.74) is 5.81. The third kappa shape index (κ3) is 3.79. The third-order valence-corrected chi connectivity index (χ3v) is 2.76. The van der Waals surface area contributed by atoms with Crippen LogP contribution in [0.5, 0.6) is 0 Å². The summed E-state index contributed by atoms with van der Waals surface area (Å²) in [6.45, 7) is 4.46. The van der Waals surface area contributed by atoms with Gasteiger partial charge in [-0.1, -0.05) is 26.7 Å². The molecule has 2 heteroatoms. The van der Waals surface area contributed by atoms with Crippen molar-refractivity contribution in [3.63, 3.8) is 0 Å². The van der Waals surface area contributed by atoms with Crippen LogP contribution in [-0.2, 0) is 0 Å². The first-order chi connectivity index (χ1) is 6.22. The summed E-state index contributed by atoms with van der Waals surface area (Å²) in [5, 5.41) is 0. The molecule has 2 atom stereocenters. The minimum absolute atomic E-state index is 0.523. The van der Waals surface area contributed by atoms with Gasteiger partial charge in [0.2, 0.25) is 0 Å². The van der Waals surface area contributed by atoms with Crippen LogP contribution in [0, 0.1) is 5.92 Å². The summed E-state index contributed by atoms with van der Waals surface area (Å²) in [4.78, 5) is 4.57. The van der Waals surface area contributed by atoms with Crippen molar-refractivity contribution >= 4 is 5.84 Å². The molecule has 1 unspecified atom stereocenters. The van der Waals surface area contributed by atoms with E-state index in [4.69, 9.17) is 5.73 Å². The molecule has 0 aromatic carbocycles. The van der Waals surface area contributed by atoms with Crippen LogP contribution in [0.25, 0.3) is 0 Å². The van der Waals surface area contributed by atoms with E-state index in [1.54, 1.807) is 0 Å². The van der Waals surface area contributed by atoms with Gasteiger partial charge in [-0.25, -0.2) is 0 Å². The summed E-state index contributed by atoms with van der Waals surface area (Å²) >= 11 is 0. The second-order valence-corrected chi connectivity index (χ2v) is 4.30. The lowest BCUT2D eigenvalue weighted by atomic mass is 9.87. The molecule has 1 fully saturated rings. The van der Waals surface area contributed by atoms with Gasteiger partial charge in [-0.15, -0.1) is 0 Å². The molecule has 13 heavy (non-hydrogen) atoms. The van der Waals surface area contributed by atoms with Crippen molar-refractivity contribution in [1.82, 2.24) is 0 Å². The Balaban J connectivity index is 2.38. The molecule has 1 aliphatic carbocycles. The fourth-order valence-corrected chi connectivity index (χ4v) is 2.07. The lowest BCUT2D eigenvalue weighted by Gasteiger charge is -2.24. The SMILES string of the molecule is CCCC(N)=N[C@H]1CCCC(C)C1. The maximum Gasteiger partial charge on any atom is 0.0940 e. The molecule has 0 aromatic heterocycles. The Kier molecular flexibility index (Phi) is 4.26. The minimum atomic E-state index is 0.523. The van der Waals surface area contributed by atoms with E-state index in [-0.39, 0.29) is 0 Å². The summed E-state index contributed by atoms with van der Waals surface area (Å²) in [5.74, 6) is 1.71. The predicted molar refractivity (Wildman–Crippen MR) is 58.0 cm³/mol. The number of rotatable bonds is 3. The van der Waals surface area contributed by atoms with Crippen molar-refractivity contribution in [1.29, 1.82) is 0 Å². The molecule has 0 saturated heterocycles. The van der Waals surface area contributed by atoms with Gasteiger partial charge in [-0.3, -0.25) is 4.99 Å². The first kappa shape index (κ1) is 10.6. The molecule has 1 saturated carbocycles. The molecule has 2 nitrogen and oxygen atoms in total. The van der Waals surface area contributed by atoms with Gasteiger partial charge in [0.25, 0.3) is 0 Å². The fourth-order valence-electron chi connectivity index (χ4n) is 2.07. The van der Waals surface area contributed by atoms with Gasteiger partial charge < -0.3 is 5.73 Å². The predicted octanol–water partition coefficient (Wildman–Crippen LogP) is 2.72. The van der Waals surface area contributed by atoms with Crippen molar-refractivity contribution in [2.75, 3.05) is 0 Å². The van der Waals surface area contributed by atoms with Gasteiger partial charge in [-0.2, -0.15) is 0 Å². The maximum atomic E-state index is 5.81. The lowest BCUT2D eigenvalue weighted by Crippen LogP contribution is -2.21. The Labute approximate surface area is 81.6 Å². The molecule has 76 valence electrons. The van der Waals surface area contributed by atoms with Crippen LogP contribution in [-0.4, -0.2) is 11.9 Å². The average molecular weight is 182 g/mol. The minimum Gasteiger partial charge on any atom is -0.387 e. The van der Waals surface area contributed by atoms with Gasteiger partial charge in [0.15, 0.2) is 0 Å². The Morgan fingerprint density at radius 3 is 2.85 bits per heavy atom. The van der Waals surface area contributed by atoms with Crippen LogP contribution < -0.4 is 5.73 Å². The van der Waals surface area contributed by atoms with Crippen LogP contribution in [0.3, 0.4) is 0 Å². The smallest absolute Gasteiger partial charge is 0.0940 e. The lowest BCUT2D eigenvalue weighted by molar-refractivity contribution is 0.345. The van der Waals surface area contributed by atoms with Crippen molar-refractivity contribution in [3.05, 3.63) is 0 Å². The average Bonchev–Trinajstić information content (AvgIpc) is 2.04. The highest BCUT2D eigenvalue weighted by Gasteiger charge is 2.17. The van der Waals surface area contributed by atoms with Crippen LogP contribution in [0.4, 0.5) is 0 Å². The third-order valence-electron chi connectivity index (χ3n) is 2.76. The molecule has 1 aliphatic rings. The summed E-state index contributed by atoms with van der Waals surface area (Å²) < 4.78 is 0. The second kappa shape index (κ2) is 5.25. The zero-order chi connectivity index (χ0) is 9.68. The topological polar surface area (TPSA) is 38.4 Å². The normalized spacial score (nSPS) is 30.5. The van der Waals surface area contributed by atoms with E-state index >= 15 is 0 Å². The van der Waals surface area contributed by atoms with Crippen LogP contribution in [0.15, 0.2) is 4.99 Å². The highest BCUT2D eigenvalue weighted by atomic mass is 14.9.